The van der Waals surface area contributed by atoms with Crippen molar-refractivity contribution in [3.8, 4) is 11.6 Å². The molecule has 0 unspecified atom stereocenters. The van der Waals surface area contributed by atoms with E-state index >= 15 is 0 Å². The molecule has 1 aliphatic heterocycles. The normalized spacial score (nSPS) is 13.6. The lowest BCUT2D eigenvalue weighted by Gasteiger charge is -2.17. The minimum Gasteiger partial charge on any atom is -0.439 e. The highest BCUT2D eigenvalue weighted by molar-refractivity contribution is 5.92. The van der Waals surface area contributed by atoms with Gasteiger partial charge in [0.2, 0.25) is 11.8 Å². The molecule has 102 valence electrons. The second kappa shape index (κ2) is 5.30. The molecule has 0 saturated heterocycles. The molecule has 3 rings (SSSR count). The molecule has 1 aromatic heterocycles. The van der Waals surface area contributed by atoms with E-state index in [9.17, 15) is 4.79 Å². The van der Waals surface area contributed by atoms with Crippen LogP contribution in [0, 0.1) is 0 Å². The number of hydrogen-bond donors (Lipinski definition) is 2. The molecule has 0 fully saturated rings. The molecule has 2 aromatic rings. The Hall–Kier alpha value is -2.40. The number of hydrogen-bond acceptors (Lipinski definition) is 4. The number of aromatic nitrogens is 1. The summed E-state index contributed by atoms with van der Waals surface area (Å²) in [5.41, 5.74) is 8.14. The van der Waals surface area contributed by atoms with Crippen molar-refractivity contribution in [3.63, 3.8) is 0 Å². The molecule has 0 saturated carbocycles. The zero-order valence-electron chi connectivity index (χ0n) is 10.9. The first-order valence-corrected chi connectivity index (χ1v) is 6.48. The Bertz CT molecular complexity index is 638. The molecule has 5 heteroatoms. The van der Waals surface area contributed by atoms with E-state index in [-0.39, 0.29) is 0 Å². The van der Waals surface area contributed by atoms with Crippen LogP contribution in [0.15, 0.2) is 36.5 Å². The molecule has 1 aromatic carbocycles. The lowest BCUT2D eigenvalue weighted by Crippen LogP contribution is -2.23. The topological polar surface area (TPSA) is 77.2 Å². The summed E-state index contributed by atoms with van der Waals surface area (Å²) in [7, 11) is 0. The maximum atomic E-state index is 11.0. The molecule has 20 heavy (non-hydrogen) atoms. The number of nitrogens with one attached hydrogen (secondary N) is 1. The van der Waals surface area contributed by atoms with Gasteiger partial charge >= 0.3 is 0 Å². The number of benzene rings is 1. The van der Waals surface area contributed by atoms with Crippen LogP contribution in [0.25, 0.3) is 0 Å². The Morgan fingerprint density at radius 1 is 1.25 bits per heavy atom. The highest BCUT2D eigenvalue weighted by atomic mass is 16.5. The van der Waals surface area contributed by atoms with E-state index < -0.39 is 5.91 Å². The van der Waals surface area contributed by atoms with Crippen molar-refractivity contribution < 1.29 is 9.53 Å². The number of amides is 1. The van der Waals surface area contributed by atoms with E-state index in [0.717, 1.165) is 25.3 Å². The zero-order chi connectivity index (χ0) is 13.9. The number of rotatable bonds is 3. The first kappa shape index (κ1) is 12.6. The second-order valence-corrected chi connectivity index (χ2v) is 4.71. The summed E-state index contributed by atoms with van der Waals surface area (Å²) in [5.74, 6) is 0.708. The minimum atomic E-state index is -0.495. The van der Waals surface area contributed by atoms with Gasteiger partial charge in [-0.25, -0.2) is 4.98 Å². The van der Waals surface area contributed by atoms with Gasteiger partial charge in [-0.05, 0) is 42.3 Å². The fraction of sp³-hybridized carbons (Fsp3) is 0.200. The van der Waals surface area contributed by atoms with E-state index in [1.54, 1.807) is 12.1 Å². The Labute approximate surface area is 116 Å². The summed E-state index contributed by atoms with van der Waals surface area (Å²) >= 11 is 0. The van der Waals surface area contributed by atoms with Gasteiger partial charge in [0.05, 0.1) is 5.56 Å². The Morgan fingerprint density at radius 3 is 2.90 bits per heavy atom. The van der Waals surface area contributed by atoms with Crippen molar-refractivity contribution in [1.82, 2.24) is 10.3 Å². The zero-order valence-corrected chi connectivity index (χ0v) is 10.9. The van der Waals surface area contributed by atoms with Crippen molar-refractivity contribution in [2.75, 3.05) is 6.54 Å². The smallest absolute Gasteiger partial charge is 0.250 e. The van der Waals surface area contributed by atoms with Gasteiger partial charge < -0.3 is 15.8 Å². The summed E-state index contributed by atoms with van der Waals surface area (Å²) in [6.07, 6.45) is 2.42. The molecule has 0 radical (unpaired) electrons. The third-order valence-electron chi connectivity index (χ3n) is 3.31. The van der Waals surface area contributed by atoms with E-state index in [4.69, 9.17) is 10.5 Å². The van der Waals surface area contributed by atoms with E-state index in [1.807, 2.05) is 12.1 Å². The van der Waals surface area contributed by atoms with Crippen LogP contribution in [0.4, 0.5) is 0 Å². The predicted octanol–water partition coefficient (Wildman–Crippen LogP) is 1.62. The average Bonchev–Trinajstić information content (AvgIpc) is 2.48. The number of pyridine rings is 1. The van der Waals surface area contributed by atoms with Gasteiger partial charge in [0.15, 0.2) is 0 Å². The molecule has 5 nitrogen and oxygen atoms in total. The molecule has 1 amide bonds. The van der Waals surface area contributed by atoms with Gasteiger partial charge in [-0.1, -0.05) is 6.07 Å². The van der Waals surface area contributed by atoms with Crippen LogP contribution in [-0.2, 0) is 13.0 Å². The number of primary amides is 1. The molecule has 0 aliphatic carbocycles. The first-order valence-electron chi connectivity index (χ1n) is 6.48. The summed E-state index contributed by atoms with van der Waals surface area (Å²) in [6.45, 7) is 1.89. The summed E-state index contributed by atoms with van der Waals surface area (Å²) in [6, 6.07) is 9.28. The third kappa shape index (κ3) is 2.62. The predicted molar refractivity (Wildman–Crippen MR) is 74.7 cm³/mol. The molecule has 0 atom stereocenters. The van der Waals surface area contributed by atoms with Crippen LogP contribution < -0.4 is 15.8 Å². The monoisotopic (exact) mass is 269 g/mol. The summed E-state index contributed by atoms with van der Waals surface area (Å²) < 4.78 is 5.70. The van der Waals surface area contributed by atoms with Crippen LogP contribution >= 0.6 is 0 Å². The van der Waals surface area contributed by atoms with Gasteiger partial charge in [0.25, 0.3) is 0 Å². The molecule has 2 heterocycles. The van der Waals surface area contributed by atoms with Crippen molar-refractivity contribution >= 4 is 5.91 Å². The second-order valence-electron chi connectivity index (χ2n) is 4.71. The number of carbonyl (C=O) groups excluding carboxylic acids is 1. The number of fused-ring (bicyclic) bond motifs is 1. The number of ether oxygens (including phenoxy) is 1. The molecule has 0 spiro atoms. The third-order valence-corrected chi connectivity index (χ3v) is 3.31. The standard InChI is InChI=1S/C15H15N3O2/c16-15(19)12-2-4-14(18-9-12)20-13-3-1-11-8-17-6-5-10(11)7-13/h1-4,7,9,17H,5-6,8H2,(H2,16,19). The van der Waals surface area contributed by atoms with Gasteiger partial charge in [-0.2, -0.15) is 0 Å². The average molecular weight is 269 g/mol. The molecule has 1 aliphatic rings. The van der Waals surface area contributed by atoms with Crippen LogP contribution in [0.2, 0.25) is 0 Å². The SMILES string of the molecule is NC(=O)c1ccc(Oc2ccc3c(c2)CCNC3)nc1. The highest BCUT2D eigenvalue weighted by Crippen LogP contribution is 2.24. The largest absolute Gasteiger partial charge is 0.439 e. The fourth-order valence-electron chi connectivity index (χ4n) is 2.22. The van der Waals surface area contributed by atoms with E-state index in [1.165, 1.54) is 17.3 Å². The van der Waals surface area contributed by atoms with Gasteiger partial charge in [-0.15, -0.1) is 0 Å². The van der Waals surface area contributed by atoms with Crippen molar-refractivity contribution in [1.29, 1.82) is 0 Å². The van der Waals surface area contributed by atoms with E-state index in [2.05, 4.69) is 16.4 Å². The van der Waals surface area contributed by atoms with Gasteiger partial charge in [0.1, 0.15) is 5.75 Å². The number of carbonyl (C=O) groups is 1. The van der Waals surface area contributed by atoms with Gasteiger partial charge in [0, 0.05) is 18.8 Å². The lowest BCUT2D eigenvalue weighted by molar-refractivity contribution is 0.1000. The molecule has 0 bridgehead atoms. The molecule has 3 N–H and O–H groups in total. The van der Waals surface area contributed by atoms with Crippen LogP contribution in [-0.4, -0.2) is 17.4 Å². The quantitative estimate of drug-likeness (QED) is 0.887. The number of nitrogens with zero attached hydrogens (tertiary/aromatic N) is 1. The molecular weight excluding hydrogens is 254 g/mol. The Morgan fingerprint density at radius 2 is 2.15 bits per heavy atom. The van der Waals surface area contributed by atoms with Crippen LogP contribution in [0.5, 0.6) is 11.6 Å². The Kier molecular flexibility index (Phi) is 3.35. The van der Waals surface area contributed by atoms with Crippen LogP contribution in [0.3, 0.4) is 0 Å². The molecular formula is C15H15N3O2. The van der Waals surface area contributed by atoms with Crippen molar-refractivity contribution in [3.05, 3.63) is 53.2 Å². The Balaban J connectivity index is 1.78. The summed E-state index contributed by atoms with van der Waals surface area (Å²) in [5, 5.41) is 3.33. The lowest BCUT2D eigenvalue weighted by atomic mass is 10.0. The van der Waals surface area contributed by atoms with Gasteiger partial charge in [-0.3, -0.25) is 4.79 Å². The highest BCUT2D eigenvalue weighted by Gasteiger charge is 2.10. The van der Waals surface area contributed by atoms with E-state index in [0.29, 0.717) is 11.4 Å². The fourth-order valence-corrected chi connectivity index (χ4v) is 2.22. The van der Waals surface area contributed by atoms with Crippen LogP contribution in [0.1, 0.15) is 21.5 Å². The first-order chi connectivity index (χ1) is 9.72. The van der Waals surface area contributed by atoms with Crippen molar-refractivity contribution in [2.24, 2.45) is 5.73 Å². The van der Waals surface area contributed by atoms with Crippen molar-refractivity contribution in [2.45, 2.75) is 13.0 Å². The summed E-state index contributed by atoms with van der Waals surface area (Å²) in [4.78, 5) is 15.0. The minimum absolute atomic E-state index is 0.369. The maximum absolute atomic E-state index is 11.0. The number of nitrogens with two attached hydrogens (primary N) is 1. The maximum Gasteiger partial charge on any atom is 0.250 e.